The summed E-state index contributed by atoms with van der Waals surface area (Å²) >= 11 is 0. The molecule has 2 fully saturated rings. The Balaban J connectivity index is 1.60. The molecule has 0 aromatic rings. The minimum atomic E-state index is -1.79. The summed E-state index contributed by atoms with van der Waals surface area (Å²) in [4.78, 5) is 13.4. The van der Waals surface area contributed by atoms with Gasteiger partial charge in [-0.15, -0.1) is 0 Å². The zero-order valence-electron chi connectivity index (χ0n) is 62.3. The number of carbonyl (C=O) groups is 1. The highest BCUT2D eigenvalue weighted by atomic mass is 16.7. The largest absolute Gasteiger partial charge is 0.394 e. The van der Waals surface area contributed by atoms with Crippen molar-refractivity contribution in [1.82, 2.24) is 5.32 Å². The van der Waals surface area contributed by atoms with Crippen LogP contribution in [0.5, 0.6) is 0 Å². The van der Waals surface area contributed by atoms with Gasteiger partial charge in [0.2, 0.25) is 5.91 Å². The Labute approximate surface area is 598 Å². The second-order valence-corrected chi connectivity index (χ2v) is 28.2. The van der Waals surface area contributed by atoms with Crippen LogP contribution in [-0.4, -0.2) is 140 Å². The Morgan fingerprint density at radius 3 is 1.12 bits per heavy atom. The van der Waals surface area contributed by atoms with Crippen molar-refractivity contribution in [2.24, 2.45) is 0 Å². The van der Waals surface area contributed by atoms with Gasteiger partial charge in [-0.3, -0.25) is 4.79 Å². The summed E-state index contributed by atoms with van der Waals surface area (Å²) in [7, 11) is 0. The molecule has 98 heavy (non-hydrogen) atoms. The lowest BCUT2D eigenvalue weighted by molar-refractivity contribution is -0.359. The first-order valence-electron chi connectivity index (χ1n) is 40.5. The smallest absolute Gasteiger partial charge is 0.220 e. The number of ether oxygens (including phenoxy) is 4. The molecule has 0 aliphatic carbocycles. The van der Waals surface area contributed by atoms with Gasteiger partial charge in [0.05, 0.1) is 32.0 Å². The summed E-state index contributed by atoms with van der Waals surface area (Å²) in [5.41, 5.74) is 0. The number of aliphatic hydroxyl groups excluding tert-OH is 8. The highest BCUT2D eigenvalue weighted by molar-refractivity contribution is 5.76. The molecular weight excluding hydrogens is 1230 g/mol. The Bertz CT molecular complexity index is 2020. The molecule has 2 aliphatic rings. The van der Waals surface area contributed by atoms with Crippen LogP contribution in [0.4, 0.5) is 0 Å². The molecule has 0 aromatic heterocycles. The van der Waals surface area contributed by atoms with Gasteiger partial charge in [-0.25, -0.2) is 0 Å². The van der Waals surface area contributed by atoms with Crippen molar-refractivity contribution in [1.29, 1.82) is 0 Å². The Kier molecular flexibility index (Phi) is 62.3. The lowest BCUT2D eigenvalue weighted by atomic mass is 9.97. The molecule has 0 radical (unpaired) electrons. The number of carbonyl (C=O) groups excluding carboxylic acids is 1. The van der Waals surface area contributed by atoms with Gasteiger partial charge in [0.25, 0.3) is 0 Å². The highest BCUT2D eigenvalue weighted by Gasteiger charge is 2.51. The molecule has 2 saturated heterocycles. The van der Waals surface area contributed by atoms with Crippen molar-refractivity contribution in [2.45, 2.75) is 408 Å². The van der Waals surface area contributed by atoms with Gasteiger partial charge >= 0.3 is 0 Å². The van der Waals surface area contributed by atoms with Gasteiger partial charge in [0.1, 0.15) is 48.8 Å². The molecule has 0 aromatic carbocycles. The van der Waals surface area contributed by atoms with Gasteiger partial charge in [-0.1, -0.05) is 342 Å². The number of hydrogen-bond donors (Lipinski definition) is 9. The van der Waals surface area contributed by atoms with Crippen LogP contribution >= 0.6 is 0 Å². The fourth-order valence-electron chi connectivity index (χ4n) is 12.9. The zero-order chi connectivity index (χ0) is 70.8. The average molecular weight is 1380 g/mol. The third-order valence-corrected chi connectivity index (χ3v) is 19.3. The molecule has 0 saturated carbocycles. The third-order valence-electron chi connectivity index (χ3n) is 19.3. The first-order valence-corrected chi connectivity index (χ1v) is 40.5. The van der Waals surface area contributed by atoms with Crippen molar-refractivity contribution in [3.05, 3.63) is 97.2 Å². The maximum absolute atomic E-state index is 13.4. The fourth-order valence-corrected chi connectivity index (χ4v) is 12.9. The van der Waals surface area contributed by atoms with Crippen molar-refractivity contribution in [3.63, 3.8) is 0 Å². The Morgan fingerprint density at radius 2 is 0.714 bits per heavy atom. The van der Waals surface area contributed by atoms with Crippen molar-refractivity contribution in [3.8, 4) is 0 Å². The van der Waals surface area contributed by atoms with Crippen LogP contribution in [0.1, 0.15) is 335 Å². The Hall–Kier alpha value is -3.09. The molecular formula is C84H149NO13. The number of aliphatic hydroxyl groups is 8. The summed E-state index contributed by atoms with van der Waals surface area (Å²) in [6.45, 7) is 2.71. The van der Waals surface area contributed by atoms with E-state index in [1.165, 1.54) is 231 Å². The number of allylic oxidation sites excluding steroid dienone is 15. The summed E-state index contributed by atoms with van der Waals surface area (Å²) in [6.07, 6.45) is 79.2. The van der Waals surface area contributed by atoms with Crippen LogP contribution in [0.15, 0.2) is 97.2 Å². The topological polar surface area (TPSA) is 228 Å². The number of unbranched alkanes of at least 4 members (excludes halogenated alkanes) is 40. The van der Waals surface area contributed by atoms with E-state index in [4.69, 9.17) is 18.9 Å². The standard InChI is InChI=1S/C84H149NO13/c1-3-5-7-9-11-13-15-17-19-21-23-25-27-29-30-31-32-33-34-35-36-37-38-39-40-41-42-44-46-48-50-52-54-56-58-60-62-64-66-68-76(89)85-72(71-95-83-81(94)79(92)82(75(70-87)97-83)98-84-80(93)78(91)77(90)74(69-86)96-84)73(88)67-65-63-61-59-57-55-53-51-49-47-45-43-28-26-24-22-20-18-16-14-12-10-8-6-4-2/h5,7,11,13,17,19,23,25,29-30,32-33,57,59,65,67,72-75,77-84,86-88,90-94H,3-4,6,8-10,12,14-16,18,20-22,24,26-28,31,34-56,58,60-64,66,68-71H2,1-2H3,(H,85,89)/b7-5-,13-11-,19-17-,25-23-,30-29-,33-32-,59-57+,67-65+. The van der Waals surface area contributed by atoms with Crippen molar-refractivity contribution < 1.29 is 64.6 Å². The molecule has 2 rings (SSSR count). The first kappa shape index (κ1) is 91.0. The number of rotatable bonds is 67. The lowest BCUT2D eigenvalue weighted by Gasteiger charge is -2.46. The summed E-state index contributed by atoms with van der Waals surface area (Å²) < 4.78 is 22.9. The number of amides is 1. The van der Waals surface area contributed by atoms with E-state index >= 15 is 0 Å². The predicted octanol–water partition coefficient (Wildman–Crippen LogP) is 18.5. The van der Waals surface area contributed by atoms with E-state index in [9.17, 15) is 45.6 Å². The molecule has 1 amide bonds. The maximum atomic E-state index is 13.4. The van der Waals surface area contributed by atoms with E-state index in [0.29, 0.717) is 12.8 Å². The minimum absolute atomic E-state index is 0.246. The first-order chi connectivity index (χ1) is 48.1. The summed E-state index contributed by atoms with van der Waals surface area (Å²) in [5, 5.41) is 87.6. The van der Waals surface area contributed by atoms with Crippen LogP contribution in [0.3, 0.4) is 0 Å². The molecule has 9 N–H and O–H groups in total. The fraction of sp³-hybridized carbons (Fsp3) is 0.798. The van der Waals surface area contributed by atoms with E-state index in [2.05, 4.69) is 104 Å². The molecule has 14 nitrogen and oxygen atoms in total. The van der Waals surface area contributed by atoms with E-state index in [1.807, 2.05) is 6.08 Å². The number of hydrogen-bond acceptors (Lipinski definition) is 13. The van der Waals surface area contributed by atoms with Gasteiger partial charge in [0, 0.05) is 6.42 Å². The predicted molar refractivity (Wildman–Crippen MR) is 406 cm³/mol. The third kappa shape index (κ3) is 49.5. The van der Waals surface area contributed by atoms with Gasteiger partial charge in [-0.05, 0) is 83.5 Å². The average Bonchev–Trinajstić information content (AvgIpc) is 0.793. The summed E-state index contributed by atoms with van der Waals surface area (Å²) in [6, 6.07) is -0.936. The van der Waals surface area contributed by atoms with E-state index in [-0.39, 0.29) is 18.9 Å². The van der Waals surface area contributed by atoms with Crippen LogP contribution in [-0.2, 0) is 23.7 Å². The zero-order valence-corrected chi connectivity index (χ0v) is 62.3. The lowest BCUT2D eigenvalue weighted by Crippen LogP contribution is -2.65. The molecule has 0 spiro atoms. The highest BCUT2D eigenvalue weighted by Crippen LogP contribution is 2.30. The molecule has 568 valence electrons. The van der Waals surface area contributed by atoms with E-state index in [0.717, 1.165) is 70.6 Å². The second-order valence-electron chi connectivity index (χ2n) is 28.2. The molecule has 12 atom stereocenters. The molecule has 12 unspecified atom stereocenters. The molecule has 14 heteroatoms. The second kappa shape index (κ2) is 67.1. The van der Waals surface area contributed by atoms with E-state index < -0.39 is 86.8 Å². The molecule has 2 heterocycles. The molecule has 2 aliphatic heterocycles. The van der Waals surface area contributed by atoms with Crippen molar-refractivity contribution in [2.75, 3.05) is 19.8 Å². The summed E-state index contributed by atoms with van der Waals surface area (Å²) in [5.74, 6) is -0.246. The quantitative estimate of drug-likeness (QED) is 0.0204. The maximum Gasteiger partial charge on any atom is 0.220 e. The van der Waals surface area contributed by atoms with Crippen LogP contribution < -0.4 is 5.32 Å². The SMILES string of the molecule is CC/C=C\C/C=C\C/C=C\C/C=C\C/C=C\C/C=C\CCCCCCCCCCCCCCCCCCCCCCC(=O)NC(COC1OC(CO)C(OC2OC(CO)C(O)C(O)C2O)C(O)C1O)C(O)/C=C/CC/C=C/CCCCCCCCCCCCCCCCCCCCC. The van der Waals surface area contributed by atoms with Crippen LogP contribution in [0.2, 0.25) is 0 Å². The number of nitrogens with one attached hydrogen (secondary N) is 1. The van der Waals surface area contributed by atoms with Gasteiger partial charge in [-0.2, -0.15) is 0 Å². The van der Waals surface area contributed by atoms with Crippen LogP contribution in [0.25, 0.3) is 0 Å². The van der Waals surface area contributed by atoms with Crippen LogP contribution in [0, 0.1) is 0 Å². The van der Waals surface area contributed by atoms with Gasteiger partial charge in [0.15, 0.2) is 12.6 Å². The normalized spacial score (nSPS) is 22.6. The monoisotopic (exact) mass is 1380 g/mol. The van der Waals surface area contributed by atoms with E-state index in [1.54, 1.807) is 6.08 Å². The van der Waals surface area contributed by atoms with Gasteiger partial charge < -0.3 is 65.1 Å². The van der Waals surface area contributed by atoms with Crippen molar-refractivity contribution >= 4 is 5.91 Å². The molecule has 0 bridgehead atoms. The minimum Gasteiger partial charge on any atom is -0.394 e. The Morgan fingerprint density at radius 1 is 0.378 bits per heavy atom.